The van der Waals surface area contributed by atoms with Gasteiger partial charge in [0.2, 0.25) is 0 Å². The van der Waals surface area contributed by atoms with Gasteiger partial charge in [0.15, 0.2) is 0 Å². The van der Waals surface area contributed by atoms with Crippen LogP contribution in [0.15, 0.2) is 109 Å². The second kappa shape index (κ2) is 6.43. The molecule has 0 saturated carbocycles. The van der Waals surface area contributed by atoms with E-state index in [1.807, 2.05) is 0 Å². The Kier molecular flexibility index (Phi) is 3.50. The lowest BCUT2D eigenvalue weighted by Crippen LogP contribution is -2.17. The summed E-state index contributed by atoms with van der Waals surface area (Å²) in [5.41, 5.74) is 13.0. The fourth-order valence-corrected chi connectivity index (χ4v) is 6.67. The Morgan fingerprint density at radius 3 is 2.14 bits per heavy atom. The van der Waals surface area contributed by atoms with Crippen molar-refractivity contribution in [3.05, 3.63) is 120 Å². The van der Waals surface area contributed by atoms with E-state index in [-0.39, 0.29) is 5.41 Å². The summed E-state index contributed by atoms with van der Waals surface area (Å²) in [7, 11) is 0. The topological polar surface area (TPSA) is 8.17 Å². The van der Waals surface area contributed by atoms with Crippen molar-refractivity contribution < 1.29 is 0 Å². The summed E-state index contributed by atoms with van der Waals surface area (Å²) in [5, 5.41) is 2.70. The first kappa shape index (κ1) is 19.1. The highest BCUT2D eigenvalue weighted by atomic mass is 15.2. The number of benzene rings is 5. The SMILES string of the molecule is CC1(C)c2ccccc2-c2ccc3c(c21)c1cccc2c1n3-c1ccccc1N2c1ccccc1. The standard InChI is InChI=1S/C33H24N2/c1-33(2)25-15-7-6-13-22(25)23-19-20-28-30(31(23)33)24-14-10-18-29-32(24)35(28)27-17-9-8-16-26(27)34(29)21-11-4-3-5-12-21/h3-20H,1-2H3. The van der Waals surface area contributed by atoms with Gasteiger partial charge < -0.3 is 9.47 Å². The van der Waals surface area contributed by atoms with E-state index in [0.717, 1.165) is 0 Å². The van der Waals surface area contributed by atoms with E-state index < -0.39 is 0 Å². The van der Waals surface area contributed by atoms with Gasteiger partial charge in [0.1, 0.15) is 0 Å². The minimum absolute atomic E-state index is 0.0623. The summed E-state index contributed by atoms with van der Waals surface area (Å²) < 4.78 is 2.49. The van der Waals surface area contributed by atoms with Crippen molar-refractivity contribution in [3.8, 4) is 16.8 Å². The largest absolute Gasteiger partial charge is 0.306 e. The molecule has 0 bridgehead atoms. The highest BCUT2D eigenvalue weighted by molar-refractivity contribution is 6.19. The van der Waals surface area contributed by atoms with Gasteiger partial charge in [0, 0.05) is 21.9 Å². The maximum atomic E-state index is 2.49. The second-order valence-electron chi connectivity index (χ2n) is 10.2. The normalized spacial score (nSPS) is 14.7. The Hall–Kier alpha value is -4.30. The van der Waals surface area contributed by atoms with Gasteiger partial charge in [-0.2, -0.15) is 0 Å². The molecular weight excluding hydrogens is 424 g/mol. The molecule has 2 heteroatoms. The Balaban J connectivity index is 1.57. The summed E-state index contributed by atoms with van der Waals surface area (Å²) in [6, 6.07) is 39.9. The first-order valence-electron chi connectivity index (χ1n) is 12.3. The molecule has 0 N–H and O–H groups in total. The smallest absolute Gasteiger partial charge is 0.0783 e. The molecule has 0 fully saturated rings. The van der Waals surface area contributed by atoms with E-state index in [2.05, 4.69) is 133 Å². The first-order chi connectivity index (χ1) is 17.2. The van der Waals surface area contributed by atoms with Crippen LogP contribution in [-0.4, -0.2) is 4.57 Å². The van der Waals surface area contributed by atoms with E-state index >= 15 is 0 Å². The van der Waals surface area contributed by atoms with Crippen molar-refractivity contribution in [3.63, 3.8) is 0 Å². The predicted octanol–water partition coefficient (Wildman–Crippen LogP) is 8.87. The molecular formula is C33H24N2. The number of hydrogen-bond donors (Lipinski definition) is 0. The third-order valence-electron chi connectivity index (χ3n) is 8.07. The molecule has 8 rings (SSSR count). The monoisotopic (exact) mass is 448 g/mol. The van der Waals surface area contributed by atoms with E-state index in [1.165, 1.54) is 66.8 Å². The zero-order valence-corrected chi connectivity index (χ0v) is 19.8. The molecule has 0 atom stereocenters. The molecule has 0 spiro atoms. The van der Waals surface area contributed by atoms with Gasteiger partial charge in [-0.15, -0.1) is 0 Å². The minimum atomic E-state index is -0.0623. The van der Waals surface area contributed by atoms with Crippen LogP contribution in [0, 0.1) is 0 Å². The van der Waals surface area contributed by atoms with Gasteiger partial charge >= 0.3 is 0 Å². The molecule has 5 aromatic carbocycles. The Bertz CT molecular complexity index is 1820. The van der Waals surface area contributed by atoms with Crippen LogP contribution >= 0.6 is 0 Å². The van der Waals surface area contributed by atoms with Gasteiger partial charge in [0.05, 0.1) is 28.1 Å². The zero-order valence-electron chi connectivity index (χ0n) is 19.8. The molecule has 2 aliphatic rings. The molecule has 0 unspecified atom stereocenters. The van der Waals surface area contributed by atoms with Crippen LogP contribution in [0.4, 0.5) is 17.1 Å². The lowest BCUT2D eigenvalue weighted by atomic mass is 9.80. The lowest BCUT2D eigenvalue weighted by Gasteiger charge is -2.33. The molecule has 0 radical (unpaired) electrons. The van der Waals surface area contributed by atoms with Crippen LogP contribution in [0.3, 0.4) is 0 Å². The van der Waals surface area contributed by atoms with Crippen LogP contribution in [0.2, 0.25) is 0 Å². The third kappa shape index (κ3) is 2.25. The van der Waals surface area contributed by atoms with Crippen molar-refractivity contribution in [2.75, 3.05) is 4.90 Å². The molecule has 35 heavy (non-hydrogen) atoms. The third-order valence-corrected chi connectivity index (χ3v) is 8.07. The predicted molar refractivity (Wildman–Crippen MR) is 147 cm³/mol. The van der Waals surface area contributed by atoms with Gasteiger partial charge in [-0.1, -0.05) is 86.6 Å². The highest BCUT2D eigenvalue weighted by Crippen LogP contribution is 2.56. The number of nitrogens with zero attached hydrogens (tertiary/aromatic N) is 2. The molecule has 166 valence electrons. The average Bonchev–Trinajstić information content (AvgIpc) is 3.36. The maximum absolute atomic E-state index is 2.49. The molecule has 2 heterocycles. The quantitative estimate of drug-likeness (QED) is 0.243. The van der Waals surface area contributed by atoms with Gasteiger partial charge in [-0.05, 0) is 58.7 Å². The number of anilines is 3. The van der Waals surface area contributed by atoms with Crippen LogP contribution in [-0.2, 0) is 5.41 Å². The average molecular weight is 449 g/mol. The Labute approximate surface area is 204 Å². The summed E-state index contributed by atoms with van der Waals surface area (Å²) >= 11 is 0. The van der Waals surface area contributed by atoms with Crippen LogP contribution in [0.5, 0.6) is 0 Å². The van der Waals surface area contributed by atoms with Crippen molar-refractivity contribution in [1.29, 1.82) is 0 Å². The van der Waals surface area contributed by atoms with Crippen molar-refractivity contribution in [2.24, 2.45) is 0 Å². The minimum Gasteiger partial charge on any atom is -0.306 e. The van der Waals surface area contributed by atoms with E-state index in [1.54, 1.807) is 0 Å². The van der Waals surface area contributed by atoms with Gasteiger partial charge in [-0.3, -0.25) is 0 Å². The van der Waals surface area contributed by atoms with Crippen molar-refractivity contribution >= 4 is 38.9 Å². The fourth-order valence-electron chi connectivity index (χ4n) is 6.67. The van der Waals surface area contributed by atoms with Gasteiger partial charge in [-0.25, -0.2) is 0 Å². The first-order valence-corrected chi connectivity index (χ1v) is 12.3. The number of fused-ring (bicyclic) bond motifs is 9. The summed E-state index contributed by atoms with van der Waals surface area (Å²) in [4.78, 5) is 2.41. The number of rotatable bonds is 1. The molecule has 2 nitrogen and oxygen atoms in total. The van der Waals surface area contributed by atoms with Crippen LogP contribution < -0.4 is 4.90 Å². The van der Waals surface area contributed by atoms with Gasteiger partial charge in [0.25, 0.3) is 0 Å². The molecule has 1 aromatic heterocycles. The number of para-hydroxylation sites is 4. The van der Waals surface area contributed by atoms with Crippen molar-refractivity contribution in [2.45, 2.75) is 19.3 Å². The van der Waals surface area contributed by atoms with E-state index in [4.69, 9.17) is 0 Å². The lowest BCUT2D eigenvalue weighted by molar-refractivity contribution is 0.666. The molecule has 0 saturated heterocycles. The molecule has 6 aromatic rings. The van der Waals surface area contributed by atoms with E-state index in [0.29, 0.717) is 0 Å². The summed E-state index contributed by atoms with van der Waals surface area (Å²) in [6.45, 7) is 4.77. The van der Waals surface area contributed by atoms with Crippen molar-refractivity contribution in [1.82, 2.24) is 4.57 Å². The van der Waals surface area contributed by atoms with E-state index in [9.17, 15) is 0 Å². The molecule has 1 aliphatic carbocycles. The maximum Gasteiger partial charge on any atom is 0.0783 e. The summed E-state index contributed by atoms with van der Waals surface area (Å²) in [5.74, 6) is 0. The molecule has 0 amide bonds. The van der Waals surface area contributed by atoms with Crippen LogP contribution in [0.25, 0.3) is 38.6 Å². The Morgan fingerprint density at radius 1 is 0.571 bits per heavy atom. The number of hydrogen-bond acceptors (Lipinski definition) is 1. The summed E-state index contributed by atoms with van der Waals surface area (Å²) in [6.07, 6.45) is 0. The fraction of sp³-hybridized carbons (Fsp3) is 0.0909. The molecule has 1 aliphatic heterocycles. The Morgan fingerprint density at radius 2 is 1.29 bits per heavy atom. The zero-order chi connectivity index (χ0) is 23.3. The second-order valence-corrected chi connectivity index (χ2v) is 10.2. The highest BCUT2D eigenvalue weighted by Gasteiger charge is 2.39. The van der Waals surface area contributed by atoms with Crippen LogP contribution in [0.1, 0.15) is 25.0 Å². The number of aromatic nitrogens is 1.